The van der Waals surface area contributed by atoms with Crippen LogP contribution < -0.4 is 5.32 Å². The van der Waals surface area contributed by atoms with E-state index in [0.717, 1.165) is 24.7 Å². The van der Waals surface area contributed by atoms with Crippen LogP contribution in [0.4, 0.5) is 5.82 Å². The van der Waals surface area contributed by atoms with Crippen LogP contribution in [-0.2, 0) is 0 Å². The molecule has 4 heteroatoms. The highest BCUT2D eigenvalue weighted by Crippen LogP contribution is 2.13. The lowest BCUT2D eigenvalue weighted by molar-refractivity contribution is 0.489. The van der Waals surface area contributed by atoms with Gasteiger partial charge < -0.3 is 5.32 Å². The largest absolute Gasteiger partial charge is 0.368 e. The molecule has 0 amide bonds. The number of rotatable bonds is 7. The number of hydrogen-bond acceptors (Lipinski definition) is 3. The SMILES string of the molecule is CCCC(CCCl)CNc1cccnn1. The van der Waals surface area contributed by atoms with Crippen LogP contribution in [0.3, 0.4) is 0 Å². The standard InChI is InChI=1S/C11H18ClN3/c1-2-4-10(6-7-12)9-13-11-5-3-8-14-15-11/h3,5,8,10H,2,4,6-7,9H2,1H3,(H,13,15). The van der Waals surface area contributed by atoms with Gasteiger partial charge in [0.15, 0.2) is 0 Å². The zero-order valence-corrected chi connectivity index (χ0v) is 9.87. The van der Waals surface area contributed by atoms with Gasteiger partial charge in [-0.25, -0.2) is 0 Å². The van der Waals surface area contributed by atoms with Gasteiger partial charge in [-0.05, 0) is 30.9 Å². The van der Waals surface area contributed by atoms with Gasteiger partial charge in [0.25, 0.3) is 0 Å². The maximum Gasteiger partial charge on any atom is 0.148 e. The summed E-state index contributed by atoms with van der Waals surface area (Å²) in [6, 6.07) is 3.81. The molecule has 0 fully saturated rings. The van der Waals surface area contributed by atoms with E-state index in [4.69, 9.17) is 11.6 Å². The second kappa shape index (κ2) is 7.46. The molecule has 15 heavy (non-hydrogen) atoms. The van der Waals surface area contributed by atoms with Gasteiger partial charge in [0.2, 0.25) is 0 Å². The number of hydrogen-bond donors (Lipinski definition) is 1. The molecule has 1 atom stereocenters. The molecule has 1 aromatic heterocycles. The van der Waals surface area contributed by atoms with Gasteiger partial charge >= 0.3 is 0 Å². The Labute approximate surface area is 96.2 Å². The van der Waals surface area contributed by atoms with E-state index in [1.54, 1.807) is 6.20 Å². The number of nitrogens with zero attached hydrogens (tertiary/aromatic N) is 2. The Bertz CT molecular complexity index is 247. The lowest BCUT2D eigenvalue weighted by atomic mass is 10.0. The maximum atomic E-state index is 5.76. The lowest BCUT2D eigenvalue weighted by Gasteiger charge is -2.15. The van der Waals surface area contributed by atoms with Crippen LogP contribution in [0.15, 0.2) is 18.3 Å². The Morgan fingerprint density at radius 3 is 2.93 bits per heavy atom. The van der Waals surface area contributed by atoms with Gasteiger partial charge in [0, 0.05) is 18.6 Å². The van der Waals surface area contributed by atoms with Crippen molar-refractivity contribution in [2.75, 3.05) is 17.7 Å². The molecule has 1 unspecified atom stereocenters. The zero-order chi connectivity index (χ0) is 10.9. The molecule has 1 heterocycles. The van der Waals surface area contributed by atoms with E-state index in [2.05, 4.69) is 22.4 Å². The molecule has 1 rings (SSSR count). The molecule has 0 radical (unpaired) electrons. The number of nitrogens with one attached hydrogen (secondary N) is 1. The van der Waals surface area contributed by atoms with Crippen LogP contribution in [0.1, 0.15) is 26.2 Å². The Morgan fingerprint density at radius 2 is 2.33 bits per heavy atom. The lowest BCUT2D eigenvalue weighted by Crippen LogP contribution is -2.15. The van der Waals surface area contributed by atoms with Crippen LogP contribution in [0, 0.1) is 5.92 Å². The van der Waals surface area contributed by atoms with E-state index in [0.29, 0.717) is 5.92 Å². The molecule has 0 saturated heterocycles. The summed E-state index contributed by atoms with van der Waals surface area (Å²) in [5, 5.41) is 11.1. The second-order valence-corrected chi connectivity index (χ2v) is 4.00. The van der Waals surface area contributed by atoms with Crippen molar-refractivity contribution in [1.29, 1.82) is 0 Å². The Hall–Kier alpha value is -0.830. The molecular weight excluding hydrogens is 210 g/mol. The van der Waals surface area contributed by atoms with Crippen molar-refractivity contribution in [3.63, 3.8) is 0 Å². The van der Waals surface area contributed by atoms with Crippen LogP contribution in [0.2, 0.25) is 0 Å². The summed E-state index contributed by atoms with van der Waals surface area (Å²) < 4.78 is 0. The molecule has 0 aliphatic carbocycles. The first kappa shape index (κ1) is 12.2. The number of aromatic nitrogens is 2. The molecule has 0 aliphatic rings. The summed E-state index contributed by atoms with van der Waals surface area (Å²) in [7, 11) is 0. The molecule has 0 aromatic carbocycles. The van der Waals surface area contributed by atoms with Crippen molar-refractivity contribution in [3.8, 4) is 0 Å². The van der Waals surface area contributed by atoms with Gasteiger partial charge in [-0.15, -0.1) is 16.7 Å². The van der Waals surface area contributed by atoms with Gasteiger partial charge in [0.05, 0.1) is 0 Å². The van der Waals surface area contributed by atoms with Crippen LogP contribution in [0.25, 0.3) is 0 Å². The highest BCUT2D eigenvalue weighted by molar-refractivity contribution is 6.17. The third kappa shape index (κ3) is 4.98. The zero-order valence-electron chi connectivity index (χ0n) is 9.12. The van der Waals surface area contributed by atoms with Crippen molar-refractivity contribution < 1.29 is 0 Å². The highest BCUT2D eigenvalue weighted by atomic mass is 35.5. The van der Waals surface area contributed by atoms with E-state index in [9.17, 15) is 0 Å². The van der Waals surface area contributed by atoms with Gasteiger partial charge in [-0.3, -0.25) is 0 Å². The third-order valence-corrected chi connectivity index (χ3v) is 2.58. The first-order chi connectivity index (χ1) is 7.36. The molecule has 0 bridgehead atoms. The van der Waals surface area contributed by atoms with Gasteiger partial charge in [0.1, 0.15) is 5.82 Å². The molecule has 1 aromatic rings. The first-order valence-electron chi connectivity index (χ1n) is 5.44. The predicted molar refractivity (Wildman–Crippen MR) is 64.3 cm³/mol. The first-order valence-corrected chi connectivity index (χ1v) is 5.97. The minimum atomic E-state index is 0.634. The topological polar surface area (TPSA) is 37.8 Å². The molecule has 3 nitrogen and oxygen atoms in total. The summed E-state index contributed by atoms with van der Waals surface area (Å²) in [6.07, 6.45) is 5.14. The normalized spacial score (nSPS) is 12.4. The predicted octanol–water partition coefficient (Wildman–Crippen LogP) is 2.93. The van der Waals surface area contributed by atoms with Crippen molar-refractivity contribution in [3.05, 3.63) is 18.3 Å². The fraction of sp³-hybridized carbons (Fsp3) is 0.636. The smallest absolute Gasteiger partial charge is 0.148 e. The molecule has 1 N–H and O–H groups in total. The highest BCUT2D eigenvalue weighted by Gasteiger charge is 2.06. The van der Waals surface area contributed by atoms with Crippen molar-refractivity contribution in [2.45, 2.75) is 26.2 Å². The van der Waals surface area contributed by atoms with Crippen molar-refractivity contribution in [1.82, 2.24) is 10.2 Å². The summed E-state index contributed by atoms with van der Waals surface area (Å²) in [6.45, 7) is 3.13. The van der Waals surface area contributed by atoms with Crippen LogP contribution >= 0.6 is 11.6 Å². The minimum Gasteiger partial charge on any atom is -0.368 e. The fourth-order valence-electron chi connectivity index (χ4n) is 1.56. The minimum absolute atomic E-state index is 0.634. The van der Waals surface area contributed by atoms with E-state index in [1.807, 2.05) is 12.1 Å². The Balaban J connectivity index is 2.33. The summed E-state index contributed by atoms with van der Waals surface area (Å²) in [4.78, 5) is 0. The van der Waals surface area contributed by atoms with Gasteiger partial charge in [-0.1, -0.05) is 13.3 Å². The average molecular weight is 228 g/mol. The maximum absolute atomic E-state index is 5.76. The monoisotopic (exact) mass is 227 g/mol. The molecule has 0 spiro atoms. The fourth-order valence-corrected chi connectivity index (χ4v) is 1.86. The number of alkyl halides is 1. The van der Waals surface area contributed by atoms with Crippen molar-refractivity contribution in [2.24, 2.45) is 5.92 Å². The Kier molecular flexibility index (Phi) is 6.09. The van der Waals surface area contributed by atoms with Crippen LogP contribution in [-0.4, -0.2) is 22.6 Å². The second-order valence-electron chi connectivity index (χ2n) is 3.62. The summed E-state index contributed by atoms with van der Waals surface area (Å²) in [5.41, 5.74) is 0. The molecule has 84 valence electrons. The third-order valence-electron chi connectivity index (χ3n) is 2.36. The molecular formula is C11H18ClN3. The summed E-state index contributed by atoms with van der Waals surface area (Å²) in [5.74, 6) is 2.20. The number of anilines is 1. The van der Waals surface area contributed by atoms with E-state index in [1.165, 1.54) is 12.8 Å². The summed E-state index contributed by atoms with van der Waals surface area (Å²) >= 11 is 5.76. The molecule has 0 aliphatic heterocycles. The quantitative estimate of drug-likeness (QED) is 0.728. The van der Waals surface area contributed by atoms with E-state index in [-0.39, 0.29) is 0 Å². The Morgan fingerprint density at radius 1 is 1.47 bits per heavy atom. The van der Waals surface area contributed by atoms with Crippen molar-refractivity contribution >= 4 is 17.4 Å². The van der Waals surface area contributed by atoms with E-state index < -0.39 is 0 Å². The van der Waals surface area contributed by atoms with Gasteiger partial charge in [-0.2, -0.15) is 5.10 Å². The van der Waals surface area contributed by atoms with Crippen LogP contribution in [0.5, 0.6) is 0 Å². The average Bonchev–Trinajstić information content (AvgIpc) is 2.28. The van der Waals surface area contributed by atoms with E-state index >= 15 is 0 Å². The molecule has 0 saturated carbocycles. The number of halogens is 1.